The molecule has 156 valence electrons. The normalized spacial score (nSPS) is 17.1. The van der Waals surface area contributed by atoms with Crippen molar-refractivity contribution in [1.29, 1.82) is 0 Å². The number of hydrogen-bond acceptors (Lipinski definition) is 5. The second-order valence-corrected chi connectivity index (χ2v) is 9.15. The van der Waals surface area contributed by atoms with Gasteiger partial charge < -0.3 is 4.74 Å². The van der Waals surface area contributed by atoms with Crippen LogP contribution in [0.1, 0.15) is 28.9 Å². The Hall–Kier alpha value is -2.00. The number of carbonyl (C=O) groups excluding carboxylic acids is 1. The second kappa shape index (κ2) is 8.79. The van der Waals surface area contributed by atoms with Crippen LogP contribution in [-0.4, -0.2) is 56.9 Å². The number of halogens is 2. The van der Waals surface area contributed by atoms with E-state index in [1.54, 1.807) is 6.07 Å². The number of ether oxygens (including phenoxy) is 1. The molecule has 1 unspecified atom stereocenters. The zero-order valence-electron chi connectivity index (χ0n) is 16.1. The van der Waals surface area contributed by atoms with Crippen LogP contribution in [-0.2, 0) is 14.8 Å². The van der Waals surface area contributed by atoms with E-state index >= 15 is 0 Å². The van der Waals surface area contributed by atoms with Gasteiger partial charge in [-0.15, -0.1) is 0 Å². The smallest absolute Gasteiger partial charge is 0.339 e. The lowest BCUT2D eigenvalue weighted by Gasteiger charge is -2.37. The number of methoxy groups -OCH3 is 1. The molecule has 1 heterocycles. The maximum atomic E-state index is 13.5. The summed E-state index contributed by atoms with van der Waals surface area (Å²) in [6.45, 7) is 3.44. The molecular weight excluding hydrogens is 419 g/mol. The van der Waals surface area contributed by atoms with Crippen molar-refractivity contribution < 1.29 is 22.3 Å². The monoisotopic (exact) mass is 440 g/mol. The Morgan fingerprint density at radius 2 is 1.83 bits per heavy atom. The number of benzene rings is 2. The largest absolute Gasteiger partial charge is 0.465 e. The molecule has 2 aromatic rings. The number of nitrogens with zero attached hydrogens (tertiary/aromatic N) is 2. The first kappa shape index (κ1) is 21.7. The second-order valence-electron chi connectivity index (χ2n) is 6.80. The average molecular weight is 441 g/mol. The maximum absolute atomic E-state index is 13.5. The van der Waals surface area contributed by atoms with Crippen LogP contribution < -0.4 is 0 Å². The predicted molar refractivity (Wildman–Crippen MR) is 108 cm³/mol. The first-order valence-corrected chi connectivity index (χ1v) is 10.9. The molecule has 9 heteroatoms. The summed E-state index contributed by atoms with van der Waals surface area (Å²) in [5.41, 5.74) is 0.752. The summed E-state index contributed by atoms with van der Waals surface area (Å²) >= 11 is 5.93. The van der Waals surface area contributed by atoms with Crippen molar-refractivity contribution >= 4 is 27.6 Å². The number of sulfonamides is 1. The number of piperazine rings is 1. The Morgan fingerprint density at radius 3 is 2.45 bits per heavy atom. The highest BCUT2D eigenvalue weighted by molar-refractivity contribution is 7.89. The third-order valence-electron chi connectivity index (χ3n) is 5.12. The molecule has 29 heavy (non-hydrogen) atoms. The molecule has 3 rings (SSSR count). The van der Waals surface area contributed by atoms with E-state index < -0.39 is 16.0 Å². The van der Waals surface area contributed by atoms with Gasteiger partial charge in [-0.05, 0) is 42.8 Å². The standard InChI is InChI=1S/C20H22ClFN2O4S/c1-14(15-4-3-5-17(22)12-15)23-8-10-24(11-9-23)29(26,27)19-7-6-16(21)13-18(19)20(25)28-2/h3-7,12-14H,8-11H2,1-2H3. The van der Waals surface area contributed by atoms with E-state index in [-0.39, 0.29) is 40.4 Å². The topological polar surface area (TPSA) is 66.9 Å². The van der Waals surface area contributed by atoms with Crippen LogP contribution in [0, 0.1) is 5.82 Å². The van der Waals surface area contributed by atoms with Gasteiger partial charge in [0.25, 0.3) is 0 Å². The van der Waals surface area contributed by atoms with Gasteiger partial charge in [-0.25, -0.2) is 17.6 Å². The molecule has 0 spiro atoms. The van der Waals surface area contributed by atoms with E-state index in [9.17, 15) is 17.6 Å². The number of esters is 1. The van der Waals surface area contributed by atoms with Gasteiger partial charge in [0.2, 0.25) is 10.0 Å². The molecule has 0 bridgehead atoms. The van der Waals surface area contributed by atoms with E-state index in [1.165, 1.54) is 41.7 Å². The lowest BCUT2D eigenvalue weighted by atomic mass is 10.1. The molecule has 0 aromatic heterocycles. The average Bonchev–Trinajstić information content (AvgIpc) is 2.72. The van der Waals surface area contributed by atoms with E-state index in [0.717, 1.165) is 5.56 Å². The molecule has 0 saturated carbocycles. The first-order valence-electron chi connectivity index (χ1n) is 9.11. The van der Waals surface area contributed by atoms with Crippen LogP contribution in [0.4, 0.5) is 4.39 Å². The quantitative estimate of drug-likeness (QED) is 0.667. The summed E-state index contributed by atoms with van der Waals surface area (Å²) in [5, 5.41) is 0.248. The van der Waals surface area contributed by atoms with Crippen LogP contribution in [0.25, 0.3) is 0 Å². The van der Waals surface area contributed by atoms with Crippen molar-refractivity contribution in [2.24, 2.45) is 0 Å². The Labute approximate surface area is 174 Å². The Balaban J connectivity index is 1.78. The minimum absolute atomic E-state index is 0.0447. The molecule has 0 aliphatic carbocycles. The molecule has 0 N–H and O–H groups in total. The summed E-state index contributed by atoms with van der Waals surface area (Å²) in [7, 11) is -2.71. The Morgan fingerprint density at radius 1 is 1.14 bits per heavy atom. The van der Waals surface area contributed by atoms with Crippen LogP contribution >= 0.6 is 11.6 Å². The minimum Gasteiger partial charge on any atom is -0.465 e. The summed E-state index contributed by atoms with van der Waals surface area (Å²) < 4.78 is 45.8. The maximum Gasteiger partial charge on any atom is 0.339 e. The van der Waals surface area contributed by atoms with Gasteiger partial charge in [0.1, 0.15) is 5.82 Å². The molecule has 1 fully saturated rings. The van der Waals surface area contributed by atoms with Gasteiger partial charge >= 0.3 is 5.97 Å². The highest BCUT2D eigenvalue weighted by atomic mass is 35.5. The molecule has 1 aliphatic heterocycles. The lowest BCUT2D eigenvalue weighted by molar-refractivity contribution is 0.0596. The molecule has 2 aromatic carbocycles. The van der Waals surface area contributed by atoms with E-state index in [2.05, 4.69) is 4.90 Å². The zero-order chi connectivity index (χ0) is 21.2. The zero-order valence-corrected chi connectivity index (χ0v) is 17.7. The van der Waals surface area contributed by atoms with Crippen molar-refractivity contribution in [3.05, 3.63) is 64.4 Å². The van der Waals surface area contributed by atoms with Gasteiger partial charge in [0.05, 0.1) is 17.6 Å². The SMILES string of the molecule is COC(=O)c1cc(Cl)ccc1S(=O)(=O)N1CCN(C(C)c2cccc(F)c2)CC1. The van der Waals surface area contributed by atoms with Crippen LogP contribution in [0.2, 0.25) is 5.02 Å². The fourth-order valence-electron chi connectivity index (χ4n) is 3.44. The fraction of sp³-hybridized carbons (Fsp3) is 0.350. The lowest BCUT2D eigenvalue weighted by Crippen LogP contribution is -2.49. The molecule has 0 amide bonds. The molecular formula is C20H22ClFN2O4S. The molecule has 1 saturated heterocycles. The summed E-state index contributed by atoms with van der Waals surface area (Å²) in [4.78, 5) is 14.0. The number of carbonyl (C=O) groups is 1. The van der Waals surface area contributed by atoms with E-state index in [1.807, 2.05) is 13.0 Å². The predicted octanol–water partition coefficient (Wildman–Crippen LogP) is 3.33. The van der Waals surface area contributed by atoms with Gasteiger partial charge in [0.15, 0.2) is 0 Å². The first-order chi connectivity index (χ1) is 13.7. The van der Waals surface area contributed by atoms with E-state index in [4.69, 9.17) is 16.3 Å². The van der Waals surface area contributed by atoms with Crippen LogP contribution in [0.15, 0.2) is 47.4 Å². The molecule has 0 radical (unpaired) electrons. The van der Waals surface area contributed by atoms with Crippen molar-refractivity contribution in [2.75, 3.05) is 33.3 Å². The number of hydrogen-bond donors (Lipinski definition) is 0. The summed E-state index contributed by atoms with van der Waals surface area (Å²) in [5.74, 6) is -1.06. The van der Waals surface area contributed by atoms with Crippen molar-refractivity contribution in [3.63, 3.8) is 0 Å². The minimum atomic E-state index is -3.90. The van der Waals surface area contributed by atoms with E-state index in [0.29, 0.717) is 13.1 Å². The third-order valence-corrected chi connectivity index (χ3v) is 7.31. The summed E-state index contributed by atoms with van der Waals surface area (Å²) in [6.07, 6.45) is 0. The van der Waals surface area contributed by atoms with Crippen LogP contribution in [0.3, 0.4) is 0 Å². The van der Waals surface area contributed by atoms with Crippen LogP contribution in [0.5, 0.6) is 0 Å². The Kier molecular flexibility index (Phi) is 6.58. The highest BCUT2D eigenvalue weighted by Gasteiger charge is 2.33. The number of rotatable bonds is 5. The van der Waals surface area contributed by atoms with Gasteiger partial charge in [0, 0.05) is 37.2 Å². The van der Waals surface area contributed by atoms with Gasteiger partial charge in [-0.3, -0.25) is 4.90 Å². The Bertz CT molecular complexity index is 1010. The third kappa shape index (κ3) is 4.61. The van der Waals surface area contributed by atoms with Crippen molar-refractivity contribution in [3.8, 4) is 0 Å². The summed E-state index contributed by atoms with van der Waals surface area (Å²) in [6, 6.07) is 10.4. The van der Waals surface area contributed by atoms with Crippen molar-refractivity contribution in [2.45, 2.75) is 17.9 Å². The van der Waals surface area contributed by atoms with Crippen molar-refractivity contribution in [1.82, 2.24) is 9.21 Å². The van der Waals surface area contributed by atoms with Gasteiger partial charge in [-0.1, -0.05) is 23.7 Å². The molecule has 1 atom stereocenters. The van der Waals surface area contributed by atoms with Gasteiger partial charge in [-0.2, -0.15) is 4.31 Å². The fourth-order valence-corrected chi connectivity index (χ4v) is 5.20. The highest BCUT2D eigenvalue weighted by Crippen LogP contribution is 2.27. The molecule has 6 nitrogen and oxygen atoms in total. The molecule has 1 aliphatic rings.